The summed E-state index contributed by atoms with van der Waals surface area (Å²) in [5.74, 6) is -0.341. The molecule has 0 N–H and O–H groups in total. The Morgan fingerprint density at radius 1 is 1.19 bits per heavy atom. The number of benzene rings is 2. The maximum absolute atomic E-state index is 13.7. The minimum Gasteiger partial charge on any atom is -0.447 e. The van der Waals surface area contributed by atoms with E-state index in [0.29, 0.717) is 18.3 Å². The van der Waals surface area contributed by atoms with E-state index in [1.54, 1.807) is 17.0 Å². The molecule has 0 aliphatic carbocycles. The second-order valence-electron chi connectivity index (χ2n) is 7.35. The second-order valence-corrected chi connectivity index (χ2v) is 7.35. The van der Waals surface area contributed by atoms with Gasteiger partial charge in [0.05, 0.1) is 11.2 Å². The minimum atomic E-state index is -0.391. The number of amides is 1. The van der Waals surface area contributed by atoms with Crippen LogP contribution in [-0.2, 0) is 11.3 Å². The molecule has 0 saturated carbocycles. The van der Waals surface area contributed by atoms with Crippen LogP contribution in [0.3, 0.4) is 0 Å². The average molecular weight is 354 g/mol. The molecule has 26 heavy (non-hydrogen) atoms. The first-order valence-electron chi connectivity index (χ1n) is 9.08. The molecule has 2 unspecified atom stereocenters. The molecule has 1 spiro atoms. The number of anilines is 1. The van der Waals surface area contributed by atoms with Gasteiger partial charge in [-0.2, -0.15) is 0 Å². The first-order chi connectivity index (χ1) is 12.6. The Hall–Kier alpha value is -2.40. The van der Waals surface area contributed by atoms with Crippen molar-refractivity contribution < 1.29 is 13.9 Å². The van der Waals surface area contributed by atoms with Gasteiger partial charge in [0, 0.05) is 19.1 Å². The van der Waals surface area contributed by atoms with Crippen LogP contribution < -0.4 is 4.90 Å². The lowest BCUT2D eigenvalue weighted by atomic mass is 9.83. The highest BCUT2D eigenvalue weighted by Gasteiger charge is 2.51. The number of carbonyl (C=O) groups excluding carboxylic acids is 1. The summed E-state index contributed by atoms with van der Waals surface area (Å²) in [6.45, 7) is 4.33. The fraction of sp³-hybridized carbons (Fsp3) is 0.381. The Morgan fingerprint density at radius 3 is 2.73 bits per heavy atom. The number of hydrogen-bond acceptors (Lipinski definition) is 3. The highest BCUT2D eigenvalue weighted by Crippen LogP contribution is 2.40. The predicted octanol–water partition coefficient (Wildman–Crippen LogP) is 4.21. The van der Waals surface area contributed by atoms with E-state index in [0.717, 1.165) is 25.9 Å². The number of halogens is 1. The molecule has 1 amide bonds. The summed E-state index contributed by atoms with van der Waals surface area (Å²) in [6.07, 6.45) is 1.24. The summed E-state index contributed by atoms with van der Waals surface area (Å²) < 4.78 is 19.1. The molecule has 2 aromatic rings. The first kappa shape index (κ1) is 17.0. The van der Waals surface area contributed by atoms with Crippen molar-refractivity contribution in [3.8, 4) is 0 Å². The van der Waals surface area contributed by atoms with Gasteiger partial charge in [0.15, 0.2) is 0 Å². The van der Waals surface area contributed by atoms with Gasteiger partial charge in [-0.05, 0) is 43.5 Å². The van der Waals surface area contributed by atoms with Crippen molar-refractivity contribution in [1.82, 2.24) is 4.90 Å². The fourth-order valence-electron chi connectivity index (χ4n) is 4.25. The number of nitrogens with zero attached hydrogens (tertiary/aromatic N) is 2. The summed E-state index contributed by atoms with van der Waals surface area (Å²) in [4.78, 5) is 16.5. The van der Waals surface area contributed by atoms with Crippen LogP contribution in [0.2, 0.25) is 0 Å². The van der Waals surface area contributed by atoms with Crippen molar-refractivity contribution in [3.63, 3.8) is 0 Å². The number of likely N-dealkylation sites (tertiary alicyclic amines) is 1. The Labute approximate surface area is 153 Å². The van der Waals surface area contributed by atoms with Crippen LogP contribution in [0.15, 0.2) is 54.6 Å². The zero-order valence-electron chi connectivity index (χ0n) is 14.9. The zero-order valence-corrected chi connectivity index (χ0v) is 14.9. The van der Waals surface area contributed by atoms with Gasteiger partial charge in [-0.3, -0.25) is 9.80 Å². The van der Waals surface area contributed by atoms with Crippen LogP contribution in [0, 0.1) is 5.82 Å². The molecule has 5 heteroatoms. The molecule has 2 aromatic carbocycles. The number of ether oxygens (including phenoxy) is 1. The Kier molecular flexibility index (Phi) is 4.41. The molecule has 136 valence electrons. The van der Waals surface area contributed by atoms with E-state index in [-0.39, 0.29) is 11.9 Å². The van der Waals surface area contributed by atoms with Crippen molar-refractivity contribution >= 4 is 11.8 Å². The van der Waals surface area contributed by atoms with Gasteiger partial charge in [0.2, 0.25) is 0 Å². The second kappa shape index (κ2) is 6.72. The summed E-state index contributed by atoms with van der Waals surface area (Å²) in [6, 6.07) is 16.9. The van der Waals surface area contributed by atoms with Gasteiger partial charge >= 0.3 is 6.09 Å². The topological polar surface area (TPSA) is 32.8 Å². The van der Waals surface area contributed by atoms with Crippen molar-refractivity contribution in [2.45, 2.75) is 37.9 Å². The minimum absolute atomic E-state index is 0.300. The zero-order chi connectivity index (χ0) is 18.1. The van der Waals surface area contributed by atoms with E-state index in [9.17, 15) is 9.18 Å². The smallest absolute Gasteiger partial charge is 0.415 e. The lowest BCUT2D eigenvalue weighted by Crippen LogP contribution is -2.57. The predicted molar refractivity (Wildman–Crippen MR) is 98.5 cm³/mol. The van der Waals surface area contributed by atoms with Gasteiger partial charge in [0.25, 0.3) is 0 Å². The molecule has 2 atom stereocenters. The molecule has 0 aromatic heterocycles. The largest absolute Gasteiger partial charge is 0.447 e. The number of cyclic esters (lactones) is 1. The van der Waals surface area contributed by atoms with Gasteiger partial charge in [-0.1, -0.05) is 36.4 Å². The third-order valence-corrected chi connectivity index (χ3v) is 5.58. The average Bonchev–Trinajstić information content (AvgIpc) is 2.94. The van der Waals surface area contributed by atoms with Crippen LogP contribution >= 0.6 is 0 Å². The van der Waals surface area contributed by atoms with Crippen LogP contribution in [-0.4, -0.2) is 35.7 Å². The summed E-state index contributed by atoms with van der Waals surface area (Å²) >= 11 is 0. The molecule has 4 rings (SSSR count). The van der Waals surface area contributed by atoms with E-state index >= 15 is 0 Å². The highest BCUT2D eigenvalue weighted by atomic mass is 19.1. The third-order valence-electron chi connectivity index (χ3n) is 5.58. The standard InChI is InChI=1S/C21H23FN2O2/c1-16-13-21(10-11-23(16)14-17-6-3-2-4-7-17)15-26-20(25)24(21)19-9-5-8-18(22)12-19/h2-9,12,16H,10-11,13-15H2,1H3. The molecular formula is C21H23FN2O2. The molecule has 4 nitrogen and oxygen atoms in total. The van der Waals surface area contributed by atoms with Gasteiger partial charge in [-0.15, -0.1) is 0 Å². The highest BCUT2D eigenvalue weighted by molar-refractivity contribution is 5.91. The quantitative estimate of drug-likeness (QED) is 0.828. The monoisotopic (exact) mass is 354 g/mol. The van der Waals surface area contributed by atoms with Crippen LogP contribution in [0.25, 0.3) is 0 Å². The number of piperidine rings is 1. The van der Waals surface area contributed by atoms with Gasteiger partial charge in [-0.25, -0.2) is 9.18 Å². The SMILES string of the molecule is CC1CC2(CCN1Cc1ccccc1)COC(=O)N2c1cccc(F)c1. The molecular weight excluding hydrogens is 331 g/mol. The van der Waals surface area contributed by atoms with Gasteiger partial charge < -0.3 is 4.74 Å². The van der Waals surface area contributed by atoms with E-state index in [1.165, 1.54) is 17.7 Å². The first-order valence-corrected chi connectivity index (χ1v) is 9.08. The van der Waals surface area contributed by atoms with Crippen molar-refractivity contribution in [2.24, 2.45) is 0 Å². The molecule has 2 aliphatic rings. The van der Waals surface area contributed by atoms with Crippen molar-refractivity contribution in [3.05, 3.63) is 66.0 Å². The molecule has 2 saturated heterocycles. The number of carbonyl (C=O) groups is 1. The lowest BCUT2D eigenvalue weighted by molar-refractivity contribution is 0.0866. The maximum atomic E-state index is 13.7. The normalized spacial score (nSPS) is 26.3. The van der Waals surface area contributed by atoms with Crippen LogP contribution in [0.1, 0.15) is 25.3 Å². The van der Waals surface area contributed by atoms with E-state index in [1.807, 2.05) is 6.07 Å². The Bertz CT molecular complexity index is 798. The molecule has 0 bridgehead atoms. The number of rotatable bonds is 3. The third kappa shape index (κ3) is 3.07. The van der Waals surface area contributed by atoms with Gasteiger partial charge in [0.1, 0.15) is 12.4 Å². The van der Waals surface area contributed by atoms with Crippen LogP contribution in [0.5, 0.6) is 0 Å². The van der Waals surface area contributed by atoms with E-state index in [2.05, 4.69) is 36.1 Å². The molecule has 0 radical (unpaired) electrons. The Morgan fingerprint density at radius 2 is 2.00 bits per heavy atom. The Balaban J connectivity index is 1.55. The van der Waals surface area contributed by atoms with E-state index < -0.39 is 5.54 Å². The molecule has 2 aliphatic heterocycles. The summed E-state index contributed by atoms with van der Waals surface area (Å²) in [5.41, 5.74) is 1.48. The summed E-state index contributed by atoms with van der Waals surface area (Å²) in [7, 11) is 0. The molecule has 2 heterocycles. The van der Waals surface area contributed by atoms with Crippen molar-refractivity contribution in [2.75, 3.05) is 18.1 Å². The lowest BCUT2D eigenvalue weighted by Gasteiger charge is -2.46. The summed E-state index contributed by atoms with van der Waals surface area (Å²) in [5, 5.41) is 0. The number of hydrogen-bond donors (Lipinski definition) is 0. The van der Waals surface area contributed by atoms with E-state index in [4.69, 9.17) is 4.74 Å². The maximum Gasteiger partial charge on any atom is 0.415 e. The fourth-order valence-corrected chi connectivity index (χ4v) is 4.25. The van der Waals surface area contributed by atoms with Crippen LogP contribution in [0.4, 0.5) is 14.9 Å². The van der Waals surface area contributed by atoms with Crippen molar-refractivity contribution in [1.29, 1.82) is 0 Å². The molecule has 2 fully saturated rings.